The second-order valence-electron chi connectivity index (χ2n) is 11.3. The summed E-state index contributed by atoms with van der Waals surface area (Å²) in [5, 5.41) is 0. The molecule has 182 valence electrons. The van der Waals surface area contributed by atoms with Crippen molar-refractivity contribution < 1.29 is 14.3 Å². The molecule has 7 heteroatoms. The molecule has 2 aliphatic heterocycles. The van der Waals surface area contributed by atoms with Crippen LogP contribution in [0, 0.1) is 10.8 Å². The maximum atomic E-state index is 13.3. The van der Waals surface area contributed by atoms with Gasteiger partial charge in [-0.05, 0) is 48.3 Å². The van der Waals surface area contributed by atoms with Gasteiger partial charge in [-0.3, -0.25) is 19.7 Å². The van der Waals surface area contributed by atoms with Crippen molar-refractivity contribution in [2.24, 2.45) is 10.8 Å². The fourth-order valence-electron chi connectivity index (χ4n) is 6.43. The van der Waals surface area contributed by atoms with E-state index in [2.05, 4.69) is 46.6 Å². The predicted molar refractivity (Wildman–Crippen MR) is 130 cm³/mol. The van der Waals surface area contributed by atoms with Crippen molar-refractivity contribution in [1.29, 1.82) is 0 Å². The second-order valence-corrected chi connectivity index (χ2v) is 11.3. The summed E-state index contributed by atoms with van der Waals surface area (Å²) in [5.41, 5.74) is 3.40. The van der Waals surface area contributed by atoms with Crippen LogP contribution in [0.15, 0.2) is 36.8 Å². The second kappa shape index (κ2) is 9.27. The molecule has 2 bridgehead atoms. The Hall–Kier alpha value is -2.51. The molecule has 0 spiro atoms. The van der Waals surface area contributed by atoms with Gasteiger partial charge in [0.15, 0.2) is 6.61 Å². The molecule has 3 heterocycles. The van der Waals surface area contributed by atoms with Crippen LogP contribution in [-0.2, 0) is 16.1 Å². The van der Waals surface area contributed by atoms with Gasteiger partial charge < -0.3 is 14.4 Å². The van der Waals surface area contributed by atoms with E-state index in [4.69, 9.17) is 9.47 Å². The highest BCUT2D eigenvalue weighted by atomic mass is 16.5. The molecular formula is C27H36N4O3. The van der Waals surface area contributed by atoms with Gasteiger partial charge >= 0.3 is 0 Å². The Labute approximate surface area is 202 Å². The lowest BCUT2D eigenvalue weighted by molar-refractivity contribution is -0.134. The van der Waals surface area contributed by atoms with Crippen molar-refractivity contribution in [3.8, 4) is 17.0 Å². The molecule has 3 aliphatic rings. The first-order valence-electron chi connectivity index (χ1n) is 12.4. The molecule has 3 fully saturated rings. The molecule has 2 saturated heterocycles. The molecule has 1 aliphatic carbocycles. The minimum atomic E-state index is 0.0770. The zero-order valence-corrected chi connectivity index (χ0v) is 20.6. The standard InChI is InChI=1S/C27H36N4O3/c1-26(2)13-22-14-27(3,18-26)19-31(22)25(32)17-34-24-5-4-20(23-15-28-6-7-29-23)12-21(24)16-30-8-10-33-11-9-30/h4-7,12,15,22H,8-11,13-14,16-19H2,1-3H3/t22-,27+/m0/s1. The van der Waals surface area contributed by atoms with Crippen LogP contribution in [-0.4, -0.2) is 71.2 Å². The molecule has 0 radical (unpaired) electrons. The van der Waals surface area contributed by atoms with Gasteiger partial charge in [0.05, 0.1) is 25.1 Å². The lowest BCUT2D eigenvalue weighted by atomic mass is 9.65. The Morgan fingerprint density at radius 1 is 1.18 bits per heavy atom. The van der Waals surface area contributed by atoms with Crippen LogP contribution in [0.1, 0.15) is 45.6 Å². The number of nitrogens with zero attached hydrogens (tertiary/aromatic N) is 4. The number of likely N-dealkylation sites (tertiary alicyclic amines) is 1. The number of carbonyl (C=O) groups excluding carboxylic acids is 1. The molecule has 5 rings (SSSR count). The summed E-state index contributed by atoms with van der Waals surface area (Å²) < 4.78 is 11.7. The van der Waals surface area contributed by atoms with Gasteiger partial charge in [0.25, 0.3) is 5.91 Å². The number of amides is 1. The minimum absolute atomic E-state index is 0.0770. The first-order valence-corrected chi connectivity index (χ1v) is 12.4. The highest BCUT2D eigenvalue weighted by molar-refractivity contribution is 5.78. The van der Waals surface area contributed by atoms with E-state index in [1.54, 1.807) is 18.6 Å². The summed E-state index contributed by atoms with van der Waals surface area (Å²) in [7, 11) is 0. The summed E-state index contributed by atoms with van der Waals surface area (Å²) in [5.74, 6) is 0.864. The fourth-order valence-corrected chi connectivity index (χ4v) is 6.43. The van der Waals surface area contributed by atoms with Crippen LogP contribution < -0.4 is 4.74 Å². The van der Waals surface area contributed by atoms with E-state index < -0.39 is 0 Å². The van der Waals surface area contributed by atoms with Crippen molar-refractivity contribution >= 4 is 5.91 Å². The third kappa shape index (κ3) is 5.10. The Balaban J connectivity index is 1.32. The third-order valence-corrected chi connectivity index (χ3v) is 7.50. The Morgan fingerprint density at radius 3 is 2.76 bits per heavy atom. The Kier molecular flexibility index (Phi) is 6.34. The normalized spacial score (nSPS) is 26.4. The van der Waals surface area contributed by atoms with Gasteiger partial charge in [0, 0.05) is 55.7 Å². The molecule has 2 aromatic rings. The average molecular weight is 465 g/mol. The van der Waals surface area contributed by atoms with Crippen molar-refractivity contribution in [3.63, 3.8) is 0 Å². The van der Waals surface area contributed by atoms with Gasteiger partial charge in [0.1, 0.15) is 5.75 Å². The van der Waals surface area contributed by atoms with E-state index in [-0.39, 0.29) is 23.3 Å². The highest BCUT2D eigenvalue weighted by Gasteiger charge is 2.50. The molecule has 7 nitrogen and oxygen atoms in total. The molecule has 0 N–H and O–H groups in total. The van der Waals surface area contributed by atoms with E-state index >= 15 is 0 Å². The Morgan fingerprint density at radius 2 is 2.00 bits per heavy atom. The molecule has 1 amide bonds. The highest BCUT2D eigenvalue weighted by Crippen LogP contribution is 2.52. The van der Waals surface area contributed by atoms with Crippen LogP contribution in [0.4, 0.5) is 0 Å². The number of fused-ring (bicyclic) bond motifs is 2. The number of aromatic nitrogens is 2. The lowest BCUT2D eigenvalue weighted by Crippen LogP contribution is -2.40. The molecule has 1 aromatic heterocycles. The molecule has 34 heavy (non-hydrogen) atoms. The average Bonchev–Trinajstić information content (AvgIpc) is 3.08. The van der Waals surface area contributed by atoms with E-state index in [1.807, 2.05) is 12.1 Å². The Bertz CT molecular complexity index is 1020. The number of benzene rings is 1. The summed E-state index contributed by atoms with van der Waals surface area (Å²) in [6, 6.07) is 6.42. The molecule has 0 unspecified atom stereocenters. The lowest BCUT2D eigenvalue weighted by Gasteiger charge is -2.39. The minimum Gasteiger partial charge on any atom is -0.483 e. The topological polar surface area (TPSA) is 67.8 Å². The molecular weight excluding hydrogens is 428 g/mol. The number of morpholine rings is 1. The summed E-state index contributed by atoms with van der Waals surface area (Å²) in [4.78, 5) is 26.4. The van der Waals surface area contributed by atoms with Crippen LogP contribution in [0.5, 0.6) is 5.75 Å². The summed E-state index contributed by atoms with van der Waals surface area (Å²) in [6.45, 7) is 11.9. The van der Waals surface area contributed by atoms with E-state index in [0.29, 0.717) is 6.04 Å². The van der Waals surface area contributed by atoms with Crippen LogP contribution in [0.3, 0.4) is 0 Å². The number of carbonyl (C=O) groups is 1. The number of ether oxygens (including phenoxy) is 2. The van der Waals surface area contributed by atoms with Gasteiger partial charge in [-0.25, -0.2) is 0 Å². The van der Waals surface area contributed by atoms with E-state index in [9.17, 15) is 4.79 Å². The van der Waals surface area contributed by atoms with Gasteiger partial charge in [0.2, 0.25) is 0 Å². The quantitative estimate of drug-likeness (QED) is 0.648. The van der Waals surface area contributed by atoms with Crippen molar-refractivity contribution in [3.05, 3.63) is 42.4 Å². The van der Waals surface area contributed by atoms with Gasteiger partial charge in [-0.2, -0.15) is 0 Å². The van der Waals surface area contributed by atoms with Gasteiger partial charge in [-0.15, -0.1) is 0 Å². The zero-order valence-electron chi connectivity index (χ0n) is 20.6. The van der Waals surface area contributed by atoms with E-state index in [0.717, 1.165) is 74.8 Å². The first kappa shape index (κ1) is 23.2. The van der Waals surface area contributed by atoms with Gasteiger partial charge in [-0.1, -0.05) is 20.8 Å². The smallest absolute Gasteiger partial charge is 0.260 e. The van der Waals surface area contributed by atoms with Crippen LogP contribution in [0.2, 0.25) is 0 Å². The first-order chi connectivity index (χ1) is 16.3. The van der Waals surface area contributed by atoms with Crippen molar-refractivity contribution in [2.75, 3.05) is 39.5 Å². The van der Waals surface area contributed by atoms with E-state index in [1.165, 1.54) is 6.42 Å². The molecule has 1 aromatic carbocycles. The third-order valence-electron chi connectivity index (χ3n) is 7.50. The SMILES string of the molecule is CC1(C)C[C@H]2C[C@@](C)(CN2C(=O)COc2ccc(-c3cnccn3)cc2CN2CCOCC2)C1. The van der Waals surface area contributed by atoms with Crippen LogP contribution in [0.25, 0.3) is 11.3 Å². The van der Waals surface area contributed by atoms with Crippen LogP contribution >= 0.6 is 0 Å². The fraction of sp³-hybridized carbons (Fsp3) is 0.593. The predicted octanol–water partition coefficient (Wildman–Crippen LogP) is 3.78. The zero-order chi connectivity index (χ0) is 23.8. The number of hydrogen-bond donors (Lipinski definition) is 0. The largest absolute Gasteiger partial charge is 0.483 e. The summed E-state index contributed by atoms with van der Waals surface area (Å²) in [6.07, 6.45) is 8.50. The monoisotopic (exact) mass is 464 g/mol. The maximum Gasteiger partial charge on any atom is 0.260 e. The van der Waals surface area contributed by atoms with Crippen molar-refractivity contribution in [2.45, 2.75) is 52.6 Å². The molecule has 1 saturated carbocycles. The number of rotatable bonds is 6. The molecule has 2 atom stereocenters. The summed E-state index contributed by atoms with van der Waals surface area (Å²) >= 11 is 0. The van der Waals surface area contributed by atoms with Crippen molar-refractivity contribution in [1.82, 2.24) is 19.8 Å². The maximum absolute atomic E-state index is 13.3. The number of hydrogen-bond acceptors (Lipinski definition) is 6.